The highest BCUT2D eigenvalue weighted by molar-refractivity contribution is 7.99. The van der Waals surface area contributed by atoms with E-state index in [0.29, 0.717) is 6.54 Å². The number of rotatable bonds is 8. The third kappa shape index (κ3) is 5.80. The lowest BCUT2D eigenvalue weighted by Gasteiger charge is -2.36. The van der Waals surface area contributed by atoms with Crippen LogP contribution in [-0.4, -0.2) is 32.1 Å². The van der Waals surface area contributed by atoms with E-state index in [4.69, 9.17) is 15.2 Å². The van der Waals surface area contributed by atoms with Crippen LogP contribution >= 0.6 is 11.8 Å². The van der Waals surface area contributed by atoms with Crippen LogP contribution in [0.5, 0.6) is 0 Å². The van der Waals surface area contributed by atoms with Gasteiger partial charge in [0.05, 0.1) is 18.8 Å². The first-order chi connectivity index (χ1) is 17.2. The molecule has 1 saturated heterocycles. The van der Waals surface area contributed by atoms with E-state index in [9.17, 15) is 5.11 Å². The Kier molecular flexibility index (Phi) is 7.56. The van der Waals surface area contributed by atoms with Crippen molar-refractivity contribution in [3.8, 4) is 11.1 Å². The van der Waals surface area contributed by atoms with Crippen molar-refractivity contribution in [1.29, 1.82) is 0 Å². The summed E-state index contributed by atoms with van der Waals surface area (Å²) in [5.74, 6) is 0.726. The SMILES string of the molecule is NCc1cccc(-c2ccc([C@H]3O[C@@H](CSc4ncn[nH]4)C[C@@H](c4ccc(CO)cc4)O3)cc2)c1. The molecule has 1 aromatic heterocycles. The molecular weight excluding hydrogens is 460 g/mol. The molecule has 1 aliphatic heterocycles. The molecule has 2 heterocycles. The summed E-state index contributed by atoms with van der Waals surface area (Å²) < 4.78 is 12.8. The van der Waals surface area contributed by atoms with Gasteiger partial charge in [-0.3, -0.25) is 5.10 Å². The third-order valence-electron chi connectivity index (χ3n) is 6.09. The number of nitrogens with one attached hydrogen (secondary N) is 1. The number of benzene rings is 3. The van der Waals surface area contributed by atoms with Gasteiger partial charge in [-0.15, -0.1) is 0 Å². The summed E-state index contributed by atoms with van der Waals surface area (Å²) in [7, 11) is 0. The topological polar surface area (TPSA) is 106 Å². The predicted molar refractivity (Wildman–Crippen MR) is 135 cm³/mol. The molecule has 3 atom stereocenters. The first-order valence-corrected chi connectivity index (χ1v) is 12.6. The van der Waals surface area contributed by atoms with Crippen molar-refractivity contribution >= 4 is 11.8 Å². The number of thioether (sulfide) groups is 1. The van der Waals surface area contributed by atoms with Crippen molar-refractivity contribution in [3.63, 3.8) is 0 Å². The Labute approximate surface area is 208 Å². The highest BCUT2D eigenvalue weighted by atomic mass is 32.2. The number of aromatic nitrogens is 3. The lowest BCUT2D eigenvalue weighted by Crippen LogP contribution is -2.31. The highest BCUT2D eigenvalue weighted by Crippen LogP contribution is 2.39. The Hall–Kier alpha value is -3.01. The molecule has 0 radical (unpaired) electrons. The predicted octanol–water partition coefficient (Wildman–Crippen LogP) is 4.76. The average molecular weight is 489 g/mol. The number of hydrogen-bond donors (Lipinski definition) is 3. The summed E-state index contributed by atoms with van der Waals surface area (Å²) in [6.45, 7) is 0.540. The van der Waals surface area contributed by atoms with Crippen LogP contribution in [0.3, 0.4) is 0 Å². The van der Waals surface area contributed by atoms with Crippen LogP contribution in [-0.2, 0) is 22.6 Å². The second-order valence-electron chi connectivity index (χ2n) is 8.48. The zero-order chi connectivity index (χ0) is 24.0. The maximum atomic E-state index is 9.39. The van der Waals surface area contributed by atoms with Gasteiger partial charge in [-0.25, -0.2) is 4.98 Å². The lowest BCUT2D eigenvalue weighted by atomic mass is 9.99. The molecular formula is C27H28N4O3S. The fourth-order valence-electron chi connectivity index (χ4n) is 4.17. The molecule has 0 unspecified atom stereocenters. The molecule has 180 valence electrons. The number of aliphatic hydroxyl groups is 1. The van der Waals surface area contributed by atoms with Gasteiger partial charge in [0, 0.05) is 24.3 Å². The zero-order valence-corrected chi connectivity index (χ0v) is 20.0. The minimum Gasteiger partial charge on any atom is -0.392 e. The highest BCUT2D eigenvalue weighted by Gasteiger charge is 2.32. The number of ether oxygens (including phenoxy) is 2. The van der Waals surface area contributed by atoms with Gasteiger partial charge in [-0.1, -0.05) is 78.5 Å². The van der Waals surface area contributed by atoms with Crippen molar-refractivity contribution in [2.75, 3.05) is 5.75 Å². The van der Waals surface area contributed by atoms with Crippen LogP contribution in [0, 0.1) is 0 Å². The van der Waals surface area contributed by atoms with Gasteiger partial charge in [0.15, 0.2) is 11.4 Å². The van der Waals surface area contributed by atoms with Gasteiger partial charge in [0.2, 0.25) is 0 Å². The summed E-state index contributed by atoms with van der Waals surface area (Å²) in [4.78, 5) is 4.20. The van der Waals surface area contributed by atoms with Gasteiger partial charge in [0.1, 0.15) is 6.33 Å². The first-order valence-electron chi connectivity index (χ1n) is 11.6. The van der Waals surface area contributed by atoms with Gasteiger partial charge in [0.25, 0.3) is 0 Å². The summed E-state index contributed by atoms with van der Waals surface area (Å²) >= 11 is 1.58. The number of nitrogens with zero attached hydrogens (tertiary/aromatic N) is 2. The second kappa shape index (κ2) is 11.2. The molecule has 0 spiro atoms. The van der Waals surface area contributed by atoms with E-state index in [0.717, 1.165) is 50.7 Å². The van der Waals surface area contributed by atoms with Crippen molar-refractivity contribution < 1.29 is 14.6 Å². The van der Waals surface area contributed by atoms with Crippen molar-refractivity contribution in [2.24, 2.45) is 5.73 Å². The molecule has 3 aromatic carbocycles. The van der Waals surface area contributed by atoms with Crippen molar-refractivity contribution in [1.82, 2.24) is 15.2 Å². The van der Waals surface area contributed by atoms with E-state index in [1.807, 2.05) is 36.4 Å². The Morgan fingerprint density at radius 2 is 1.74 bits per heavy atom. The molecule has 0 aliphatic carbocycles. The molecule has 5 rings (SSSR count). The molecule has 0 bridgehead atoms. The van der Waals surface area contributed by atoms with E-state index in [2.05, 4.69) is 51.6 Å². The van der Waals surface area contributed by atoms with Crippen LogP contribution in [0.15, 0.2) is 84.3 Å². The van der Waals surface area contributed by atoms with Crippen LogP contribution in [0.25, 0.3) is 11.1 Å². The monoisotopic (exact) mass is 488 g/mol. The third-order valence-corrected chi connectivity index (χ3v) is 7.10. The zero-order valence-electron chi connectivity index (χ0n) is 19.2. The second-order valence-corrected chi connectivity index (χ2v) is 9.49. The Morgan fingerprint density at radius 1 is 0.943 bits per heavy atom. The Bertz CT molecular complexity index is 1220. The fourth-order valence-corrected chi connectivity index (χ4v) is 4.97. The molecule has 1 aliphatic rings. The van der Waals surface area contributed by atoms with Crippen LogP contribution in [0.2, 0.25) is 0 Å². The number of aliphatic hydroxyl groups excluding tert-OH is 1. The number of nitrogens with two attached hydrogens (primary N) is 1. The average Bonchev–Trinajstić information content (AvgIpc) is 3.46. The standard InChI is InChI=1S/C27H28N4O3S/c28-14-19-2-1-3-23(12-19)20-8-10-22(11-9-20)26-33-24(16-35-27-29-17-30-31-27)13-25(34-26)21-6-4-18(15-32)5-7-21/h1-12,17,24-26,32H,13-16,28H2,(H,29,30,31)/t24-,25+,26+/m1/s1. The number of hydrogen-bond acceptors (Lipinski definition) is 7. The van der Waals surface area contributed by atoms with E-state index >= 15 is 0 Å². The maximum absolute atomic E-state index is 9.39. The Morgan fingerprint density at radius 3 is 2.46 bits per heavy atom. The summed E-state index contributed by atoms with van der Waals surface area (Å²) in [5, 5.41) is 17.0. The van der Waals surface area contributed by atoms with E-state index in [-0.39, 0.29) is 18.8 Å². The molecule has 4 N–H and O–H groups in total. The quantitative estimate of drug-likeness (QED) is 0.307. The molecule has 4 aromatic rings. The molecule has 8 heteroatoms. The largest absolute Gasteiger partial charge is 0.392 e. The molecule has 35 heavy (non-hydrogen) atoms. The number of H-pyrrole nitrogens is 1. The minimum atomic E-state index is -0.490. The summed E-state index contributed by atoms with van der Waals surface area (Å²) in [5.41, 5.74) is 12.1. The van der Waals surface area contributed by atoms with Gasteiger partial charge in [-0.05, 0) is 33.9 Å². The van der Waals surface area contributed by atoms with Crippen LogP contribution in [0.4, 0.5) is 0 Å². The smallest absolute Gasteiger partial charge is 0.184 e. The lowest BCUT2D eigenvalue weighted by molar-refractivity contribution is -0.245. The van der Waals surface area contributed by atoms with Crippen LogP contribution in [0.1, 0.15) is 41.1 Å². The van der Waals surface area contributed by atoms with Gasteiger partial charge in [-0.2, -0.15) is 5.10 Å². The number of aromatic amines is 1. The normalized spacial score (nSPS) is 20.1. The van der Waals surface area contributed by atoms with Crippen LogP contribution < -0.4 is 5.73 Å². The Balaban J connectivity index is 1.36. The molecule has 1 fully saturated rings. The molecule has 0 saturated carbocycles. The summed E-state index contributed by atoms with van der Waals surface area (Å²) in [6.07, 6.45) is 1.58. The minimum absolute atomic E-state index is 0.0223. The van der Waals surface area contributed by atoms with E-state index in [1.54, 1.807) is 11.8 Å². The van der Waals surface area contributed by atoms with Crippen molar-refractivity contribution in [3.05, 3.63) is 101 Å². The fraction of sp³-hybridized carbons (Fsp3) is 0.259. The molecule has 0 amide bonds. The summed E-state index contributed by atoms with van der Waals surface area (Å²) in [6, 6.07) is 24.5. The van der Waals surface area contributed by atoms with Gasteiger partial charge < -0.3 is 20.3 Å². The first kappa shape index (κ1) is 23.7. The van der Waals surface area contributed by atoms with E-state index < -0.39 is 6.29 Å². The maximum Gasteiger partial charge on any atom is 0.184 e. The van der Waals surface area contributed by atoms with E-state index in [1.165, 1.54) is 6.33 Å². The molecule has 7 nitrogen and oxygen atoms in total. The van der Waals surface area contributed by atoms with Gasteiger partial charge >= 0.3 is 0 Å². The van der Waals surface area contributed by atoms with Crippen molar-refractivity contribution in [2.45, 2.75) is 43.2 Å².